The van der Waals surface area contributed by atoms with Gasteiger partial charge in [-0.05, 0) is 41.5 Å². The summed E-state index contributed by atoms with van der Waals surface area (Å²) in [7, 11) is 1.55. The van der Waals surface area contributed by atoms with Gasteiger partial charge in [-0.3, -0.25) is 4.79 Å². The maximum atomic E-state index is 13.3. The van der Waals surface area contributed by atoms with Crippen LogP contribution in [0, 0.1) is 11.3 Å². The molecule has 0 unspecified atom stereocenters. The third-order valence-corrected chi connectivity index (χ3v) is 8.97. The van der Waals surface area contributed by atoms with Crippen molar-refractivity contribution in [2.45, 2.75) is 24.2 Å². The Labute approximate surface area is 168 Å². The SMILES string of the molecule is COC(=O)[C@]12CNC[C@H]1[C@@]1(c3cc4ccccc4s3)CC[C@@H]2c2ccccc21. The van der Waals surface area contributed by atoms with Crippen molar-refractivity contribution in [1.82, 2.24) is 5.32 Å². The minimum absolute atomic E-state index is 0.0350. The van der Waals surface area contributed by atoms with Crippen LogP contribution in [0.25, 0.3) is 10.1 Å². The fourth-order valence-corrected chi connectivity index (χ4v) is 8.00. The Morgan fingerprint density at radius 3 is 2.86 bits per heavy atom. The molecule has 4 heteroatoms. The molecule has 1 aliphatic heterocycles. The van der Waals surface area contributed by atoms with Crippen molar-refractivity contribution in [1.29, 1.82) is 0 Å². The number of methoxy groups -OCH3 is 1. The van der Waals surface area contributed by atoms with Gasteiger partial charge >= 0.3 is 5.97 Å². The van der Waals surface area contributed by atoms with Crippen LogP contribution in [0.15, 0.2) is 54.6 Å². The van der Waals surface area contributed by atoms with Gasteiger partial charge in [-0.15, -0.1) is 11.3 Å². The van der Waals surface area contributed by atoms with Crippen molar-refractivity contribution >= 4 is 27.4 Å². The average Bonchev–Trinajstić information content (AvgIpc) is 3.39. The summed E-state index contributed by atoms with van der Waals surface area (Å²) in [4.78, 5) is 14.7. The summed E-state index contributed by atoms with van der Waals surface area (Å²) in [6.45, 7) is 1.59. The van der Waals surface area contributed by atoms with E-state index in [2.05, 4.69) is 59.9 Å². The lowest BCUT2D eigenvalue weighted by molar-refractivity contribution is -0.161. The van der Waals surface area contributed by atoms with E-state index < -0.39 is 5.41 Å². The van der Waals surface area contributed by atoms with Crippen LogP contribution in [0.4, 0.5) is 0 Å². The molecule has 0 spiro atoms. The van der Waals surface area contributed by atoms with Crippen LogP contribution in [0.2, 0.25) is 0 Å². The van der Waals surface area contributed by atoms with E-state index >= 15 is 0 Å². The Morgan fingerprint density at radius 1 is 1.18 bits per heavy atom. The molecule has 7 rings (SSSR count). The first kappa shape index (κ1) is 16.8. The molecule has 3 aromatic rings. The second-order valence-electron chi connectivity index (χ2n) is 8.51. The summed E-state index contributed by atoms with van der Waals surface area (Å²) in [5.41, 5.74) is 2.21. The molecule has 1 saturated heterocycles. The van der Waals surface area contributed by atoms with E-state index in [4.69, 9.17) is 4.74 Å². The number of hydrogen-bond acceptors (Lipinski definition) is 4. The van der Waals surface area contributed by atoms with E-state index in [1.54, 1.807) is 7.11 Å². The Bertz CT molecular complexity index is 1070. The number of carbonyl (C=O) groups excluding carboxylic acids is 1. The highest BCUT2D eigenvalue weighted by molar-refractivity contribution is 7.19. The van der Waals surface area contributed by atoms with Crippen molar-refractivity contribution in [2.24, 2.45) is 11.3 Å². The summed E-state index contributed by atoms with van der Waals surface area (Å²) >= 11 is 1.90. The minimum atomic E-state index is -0.461. The quantitative estimate of drug-likeness (QED) is 0.658. The van der Waals surface area contributed by atoms with Crippen LogP contribution < -0.4 is 5.32 Å². The van der Waals surface area contributed by atoms with Crippen LogP contribution in [0.5, 0.6) is 0 Å². The second-order valence-corrected chi connectivity index (χ2v) is 9.60. The molecule has 4 aliphatic rings. The van der Waals surface area contributed by atoms with Gasteiger partial charge in [-0.2, -0.15) is 0 Å². The minimum Gasteiger partial charge on any atom is -0.469 e. The molecular formula is C24H23NO2S. The molecule has 2 heterocycles. The van der Waals surface area contributed by atoms with Gasteiger partial charge in [0, 0.05) is 39.9 Å². The summed E-state index contributed by atoms with van der Waals surface area (Å²) in [6.07, 6.45) is 2.14. The maximum absolute atomic E-state index is 13.3. The molecule has 1 saturated carbocycles. The van der Waals surface area contributed by atoms with Crippen molar-refractivity contribution in [2.75, 3.05) is 20.2 Å². The van der Waals surface area contributed by atoms with Gasteiger partial charge in [0.05, 0.1) is 12.5 Å². The van der Waals surface area contributed by atoms with Gasteiger partial charge < -0.3 is 10.1 Å². The maximum Gasteiger partial charge on any atom is 0.314 e. The van der Waals surface area contributed by atoms with Crippen molar-refractivity contribution in [3.8, 4) is 0 Å². The molecule has 28 heavy (non-hydrogen) atoms. The molecule has 2 fully saturated rings. The first-order chi connectivity index (χ1) is 13.7. The monoisotopic (exact) mass is 389 g/mol. The largest absolute Gasteiger partial charge is 0.469 e. The lowest BCUT2D eigenvalue weighted by atomic mass is 9.43. The molecule has 2 aromatic carbocycles. The van der Waals surface area contributed by atoms with Crippen LogP contribution in [-0.4, -0.2) is 26.2 Å². The highest BCUT2D eigenvalue weighted by Crippen LogP contribution is 2.68. The third kappa shape index (κ3) is 1.81. The Hall–Kier alpha value is -2.17. The normalized spacial score (nSPS) is 32.9. The zero-order valence-corrected chi connectivity index (χ0v) is 16.7. The number of hydrogen-bond donors (Lipinski definition) is 1. The Morgan fingerprint density at radius 2 is 2.00 bits per heavy atom. The lowest BCUT2D eigenvalue weighted by Gasteiger charge is -2.59. The van der Waals surface area contributed by atoms with Crippen LogP contribution in [0.3, 0.4) is 0 Å². The molecule has 142 valence electrons. The Kier molecular flexibility index (Phi) is 3.40. The number of fused-ring (bicyclic) bond motifs is 2. The van der Waals surface area contributed by atoms with E-state index in [0.29, 0.717) is 0 Å². The third-order valence-electron chi connectivity index (χ3n) is 7.68. The fourth-order valence-electron chi connectivity index (χ4n) is 6.65. The highest BCUT2D eigenvalue weighted by Gasteiger charge is 2.69. The van der Waals surface area contributed by atoms with Crippen molar-refractivity contribution in [3.63, 3.8) is 0 Å². The van der Waals surface area contributed by atoms with E-state index in [-0.39, 0.29) is 23.2 Å². The molecule has 4 atom stereocenters. The molecule has 3 aliphatic carbocycles. The first-order valence-corrected chi connectivity index (χ1v) is 10.9. The number of carbonyl (C=O) groups is 1. The predicted molar refractivity (Wildman–Crippen MR) is 112 cm³/mol. The standard InChI is InChI=1S/C24H23NO2S/c1-27-22(26)24-14-25-13-20(24)23(21-12-15-6-2-5-9-19(15)28-21)11-10-18(24)16-7-3-4-8-17(16)23/h2-9,12,18,20,25H,10-11,13-14H2,1H3/t18-,20+,23-,24+/m1/s1. The van der Waals surface area contributed by atoms with Crippen molar-refractivity contribution in [3.05, 3.63) is 70.6 Å². The van der Waals surface area contributed by atoms with Gasteiger partial charge in [0.15, 0.2) is 0 Å². The summed E-state index contributed by atoms with van der Waals surface area (Å²) in [5, 5.41) is 4.89. The summed E-state index contributed by atoms with van der Waals surface area (Å²) in [5.74, 6) is 0.439. The number of rotatable bonds is 2. The second kappa shape index (κ2) is 5.68. The molecule has 0 amide bonds. The van der Waals surface area contributed by atoms with Gasteiger partial charge in [-0.25, -0.2) is 0 Å². The summed E-state index contributed by atoms with van der Waals surface area (Å²) in [6, 6.07) is 19.9. The number of benzene rings is 2. The predicted octanol–water partition coefficient (Wildman–Crippen LogP) is 4.46. The van der Waals surface area contributed by atoms with Crippen molar-refractivity contribution < 1.29 is 9.53 Å². The number of thiophene rings is 1. The van der Waals surface area contributed by atoms with E-state index in [1.165, 1.54) is 26.1 Å². The fraction of sp³-hybridized carbons (Fsp3) is 0.375. The zero-order valence-electron chi connectivity index (χ0n) is 15.9. The van der Waals surface area contributed by atoms with Gasteiger partial charge in [0.25, 0.3) is 0 Å². The zero-order chi connectivity index (χ0) is 18.9. The van der Waals surface area contributed by atoms with Gasteiger partial charge in [0.1, 0.15) is 0 Å². The highest BCUT2D eigenvalue weighted by atomic mass is 32.1. The number of nitrogens with one attached hydrogen (secondary N) is 1. The van der Waals surface area contributed by atoms with E-state index in [0.717, 1.165) is 25.9 Å². The molecule has 3 nitrogen and oxygen atoms in total. The lowest BCUT2D eigenvalue weighted by Crippen LogP contribution is -2.60. The van der Waals surface area contributed by atoms with Crippen LogP contribution in [0.1, 0.15) is 34.8 Å². The Balaban J connectivity index is 1.68. The van der Waals surface area contributed by atoms with E-state index in [9.17, 15) is 4.79 Å². The number of ether oxygens (including phenoxy) is 1. The van der Waals surface area contributed by atoms with Crippen LogP contribution in [-0.2, 0) is 14.9 Å². The smallest absolute Gasteiger partial charge is 0.314 e. The molecule has 1 aromatic heterocycles. The van der Waals surface area contributed by atoms with E-state index in [1.807, 2.05) is 11.3 Å². The van der Waals surface area contributed by atoms with Gasteiger partial charge in [0.2, 0.25) is 0 Å². The number of esters is 1. The summed E-state index contributed by atoms with van der Waals surface area (Å²) < 4.78 is 6.75. The molecule has 1 N–H and O–H groups in total. The average molecular weight is 390 g/mol. The first-order valence-electron chi connectivity index (χ1n) is 10.1. The molecule has 2 bridgehead atoms. The molecular weight excluding hydrogens is 366 g/mol. The topological polar surface area (TPSA) is 38.3 Å². The van der Waals surface area contributed by atoms with Gasteiger partial charge in [-0.1, -0.05) is 42.5 Å². The van der Waals surface area contributed by atoms with Crippen LogP contribution >= 0.6 is 11.3 Å². The molecule has 0 radical (unpaired) electrons.